The number of aromatic nitrogens is 6. The van der Waals surface area contributed by atoms with Gasteiger partial charge in [-0.15, -0.1) is 10.2 Å². The second kappa shape index (κ2) is 7.24. The van der Waals surface area contributed by atoms with Crippen molar-refractivity contribution >= 4 is 11.6 Å². The first kappa shape index (κ1) is 21.0. The summed E-state index contributed by atoms with van der Waals surface area (Å²) in [6, 6.07) is 3.16. The second-order valence-electron chi connectivity index (χ2n) is 6.52. The van der Waals surface area contributed by atoms with E-state index in [4.69, 9.17) is 5.73 Å². The van der Waals surface area contributed by atoms with Gasteiger partial charge in [-0.05, 0) is 24.3 Å². The third kappa shape index (κ3) is 3.49. The molecule has 1 atom stereocenters. The first-order chi connectivity index (χ1) is 13.9. The molecule has 30 heavy (non-hydrogen) atoms. The Morgan fingerprint density at radius 2 is 1.83 bits per heavy atom. The quantitative estimate of drug-likeness (QED) is 0.614. The summed E-state index contributed by atoms with van der Waals surface area (Å²) in [6.45, 7) is 1.36. The maximum atomic E-state index is 12.9. The van der Waals surface area contributed by atoms with Crippen LogP contribution in [-0.4, -0.2) is 35.1 Å². The summed E-state index contributed by atoms with van der Waals surface area (Å²) in [5.41, 5.74) is 2.93. The van der Waals surface area contributed by atoms with Crippen LogP contribution < -0.4 is 17.0 Å². The molecule has 0 radical (unpaired) electrons. The molecule has 0 aliphatic carbocycles. The minimum atomic E-state index is -4.55. The zero-order valence-corrected chi connectivity index (χ0v) is 16.0. The highest BCUT2D eigenvalue weighted by Gasteiger charge is 2.31. The normalized spacial score (nSPS) is 12.7. The summed E-state index contributed by atoms with van der Waals surface area (Å²) in [4.78, 5) is 38.0. The molecule has 0 saturated heterocycles. The number of ketones is 1. The van der Waals surface area contributed by atoms with Crippen molar-refractivity contribution in [2.45, 2.75) is 19.1 Å². The van der Waals surface area contributed by atoms with Crippen molar-refractivity contribution in [3.05, 3.63) is 56.2 Å². The molecule has 0 spiro atoms. The van der Waals surface area contributed by atoms with E-state index in [1.54, 1.807) is 0 Å². The van der Waals surface area contributed by atoms with Crippen molar-refractivity contribution in [1.29, 1.82) is 0 Å². The van der Waals surface area contributed by atoms with Crippen LogP contribution >= 0.6 is 0 Å². The van der Waals surface area contributed by atoms with E-state index in [1.165, 1.54) is 33.2 Å². The first-order valence-corrected chi connectivity index (χ1v) is 8.50. The van der Waals surface area contributed by atoms with Gasteiger partial charge in [-0.3, -0.25) is 18.7 Å². The molecule has 0 aliphatic rings. The second-order valence-corrected chi connectivity index (χ2v) is 6.52. The van der Waals surface area contributed by atoms with E-state index in [2.05, 4.69) is 15.4 Å². The molecule has 3 rings (SSSR count). The number of carbonyl (C=O) groups excluding carboxylic acids is 1. The first-order valence-electron chi connectivity index (χ1n) is 8.50. The van der Waals surface area contributed by atoms with Crippen molar-refractivity contribution in [2.75, 3.05) is 5.73 Å². The molecule has 3 aromatic rings. The Kier molecular flexibility index (Phi) is 5.06. The van der Waals surface area contributed by atoms with Crippen LogP contribution in [0.1, 0.15) is 28.9 Å². The zero-order valence-electron chi connectivity index (χ0n) is 16.0. The lowest BCUT2D eigenvalue weighted by atomic mass is 10.1. The molecular weight excluding hydrogens is 407 g/mol. The summed E-state index contributed by atoms with van der Waals surface area (Å²) >= 11 is 0. The van der Waals surface area contributed by atoms with E-state index in [0.29, 0.717) is 0 Å². The van der Waals surface area contributed by atoms with Crippen LogP contribution in [0.4, 0.5) is 19.0 Å². The van der Waals surface area contributed by atoms with Gasteiger partial charge in [-0.1, -0.05) is 12.1 Å². The highest BCUT2D eigenvalue weighted by Crippen LogP contribution is 2.31. The molecule has 2 N–H and O–H groups in total. The molecule has 0 bridgehead atoms. The van der Waals surface area contributed by atoms with E-state index in [1.807, 2.05) is 0 Å². The third-order valence-corrected chi connectivity index (χ3v) is 4.56. The minimum absolute atomic E-state index is 0.0493. The Bertz CT molecular complexity index is 1260. The Labute approximate surface area is 166 Å². The SMILES string of the molecule is CC(C(=O)c1c(N)n(C)c(=O)n(C)c1=O)n1nnc(-c2cccc(C(F)(F)F)c2)n1. The van der Waals surface area contributed by atoms with Crippen molar-refractivity contribution in [1.82, 2.24) is 29.3 Å². The number of Topliss-reactive ketones (excluding diaryl/α,β-unsaturated/α-hetero) is 1. The summed E-state index contributed by atoms with van der Waals surface area (Å²) < 4.78 is 40.4. The van der Waals surface area contributed by atoms with Crippen LogP contribution in [-0.2, 0) is 20.3 Å². The number of tetrazole rings is 1. The van der Waals surface area contributed by atoms with Gasteiger partial charge in [0.25, 0.3) is 5.56 Å². The Morgan fingerprint density at radius 3 is 2.47 bits per heavy atom. The number of nitrogens with two attached hydrogens (primary N) is 1. The van der Waals surface area contributed by atoms with Crippen LogP contribution in [0.2, 0.25) is 0 Å². The zero-order chi connectivity index (χ0) is 22.4. The van der Waals surface area contributed by atoms with Crippen LogP contribution in [0, 0.1) is 0 Å². The maximum Gasteiger partial charge on any atom is 0.416 e. The monoisotopic (exact) mass is 423 g/mol. The topological polar surface area (TPSA) is 131 Å². The average molecular weight is 423 g/mol. The van der Waals surface area contributed by atoms with Gasteiger partial charge >= 0.3 is 11.9 Å². The lowest BCUT2D eigenvalue weighted by molar-refractivity contribution is -0.137. The molecular formula is C17H16F3N7O3. The predicted octanol–water partition coefficient (Wildman–Crippen LogP) is 0.782. The van der Waals surface area contributed by atoms with Crippen LogP contribution in [0.25, 0.3) is 11.4 Å². The summed E-state index contributed by atoms with van der Waals surface area (Å²) in [7, 11) is 2.50. The van der Waals surface area contributed by atoms with Gasteiger partial charge in [0.2, 0.25) is 5.82 Å². The lowest BCUT2D eigenvalue weighted by Gasteiger charge is -2.13. The third-order valence-electron chi connectivity index (χ3n) is 4.56. The molecule has 0 fully saturated rings. The Balaban J connectivity index is 1.99. The fourth-order valence-electron chi connectivity index (χ4n) is 2.74. The lowest BCUT2D eigenvalue weighted by Crippen LogP contribution is -2.42. The molecule has 10 nitrogen and oxygen atoms in total. The number of nitrogen functional groups attached to an aromatic ring is 1. The van der Waals surface area contributed by atoms with Gasteiger partial charge < -0.3 is 5.73 Å². The molecule has 0 amide bonds. The molecule has 2 aromatic heterocycles. The standard InChI is InChI=1S/C17H16F3N7O3/c1-8(12(28)11-13(21)25(2)16(30)26(3)15(11)29)27-23-14(22-24-27)9-5-4-6-10(7-9)17(18,19)20/h4-8H,21H2,1-3H3. The molecule has 0 aliphatic heterocycles. The number of hydrogen-bond donors (Lipinski definition) is 1. The molecule has 0 saturated carbocycles. The average Bonchev–Trinajstić information content (AvgIpc) is 3.20. The van der Waals surface area contributed by atoms with Gasteiger partial charge in [-0.2, -0.15) is 18.0 Å². The van der Waals surface area contributed by atoms with Crippen molar-refractivity contribution < 1.29 is 18.0 Å². The van der Waals surface area contributed by atoms with E-state index >= 15 is 0 Å². The molecule has 1 unspecified atom stereocenters. The number of anilines is 1. The predicted molar refractivity (Wildman–Crippen MR) is 98.6 cm³/mol. The molecule has 13 heteroatoms. The molecule has 2 heterocycles. The van der Waals surface area contributed by atoms with Crippen molar-refractivity contribution in [3.63, 3.8) is 0 Å². The van der Waals surface area contributed by atoms with E-state index in [-0.39, 0.29) is 17.2 Å². The van der Waals surface area contributed by atoms with Gasteiger partial charge in [0, 0.05) is 19.7 Å². The number of rotatable bonds is 4. The minimum Gasteiger partial charge on any atom is -0.384 e. The Morgan fingerprint density at radius 1 is 1.17 bits per heavy atom. The number of hydrogen-bond acceptors (Lipinski definition) is 7. The van der Waals surface area contributed by atoms with Crippen molar-refractivity contribution in [2.24, 2.45) is 14.1 Å². The van der Waals surface area contributed by atoms with Gasteiger partial charge in [0.15, 0.2) is 5.78 Å². The number of nitrogens with zero attached hydrogens (tertiary/aromatic N) is 6. The summed E-state index contributed by atoms with van der Waals surface area (Å²) in [5.74, 6) is -1.24. The van der Waals surface area contributed by atoms with Gasteiger partial charge in [-0.25, -0.2) is 4.79 Å². The van der Waals surface area contributed by atoms with E-state index in [9.17, 15) is 27.6 Å². The van der Waals surface area contributed by atoms with Gasteiger partial charge in [0.05, 0.1) is 5.56 Å². The largest absolute Gasteiger partial charge is 0.416 e. The Hall–Kier alpha value is -3.77. The number of benzene rings is 1. The van der Waals surface area contributed by atoms with Crippen LogP contribution in [0.3, 0.4) is 0 Å². The fraction of sp³-hybridized carbons (Fsp3) is 0.294. The highest BCUT2D eigenvalue weighted by molar-refractivity contribution is 6.02. The summed E-state index contributed by atoms with van der Waals surface area (Å²) in [5, 5.41) is 11.4. The van der Waals surface area contributed by atoms with Crippen LogP contribution in [0.15, 0.2) is 33.9 Å². The highest BCUT2D eigenvalue weighted by atomic mass is 19.4. The van der Waals surface area contributed by atoms with Gasteiger partial charge in [0.1, 0.15) is 17.4 Å². The van der Waals surface area contributed by atoms with Crippen LogP contribution in [0.5, 0.6) is 0 Å². The maximum absolute atomic E-state index is 12.9. The molecule has 1 aromatic carbocycles. The van der Waals surface area contributed by atoms with E-state index in [0.717, 1.165) is 26.1 Å². The van der Waals surface area contributed by atoms with Crippen molar-refractivity contribution in [3.8, 4) is 11.4 Å². The smallest absolute Gasteiger partial charge is 0.384 e. The fourth-order valence-corrected chi connectivity index (χ4v) is 2.74. The number of halogens is 3. The summed E-state index contributed by atoms with van der Waals surface area (Å²) in [6.07, 6.45) is -4.55. The van der Waals surface area contributed by atoms with E-state index < -0.39 is 40.4 Å². The number of carbonyl (C=O) groups is 1. The number of alkyl halides is 3. The molecule has 158 valence electrons.